The highest BCUT2D eigenvalue weighted by Gasteiger charge is 2.38. The Labute approximate surface area is 184 Å². The van der Waals surface area contributed by atoms with Crippen LogP contribution in [-0.4, -0.2) is 47.6 Å². The summed E-state index contributed by atoms with van der Waals surface area (Å²) in [5.74, 6) is -3.15. The summed E-state index contributed by atoms with van der Waals surface area (Å²) in [5, 5.41) is 11.3. The average molecular weight is 442 g/mol. The van der Waals surface area contributed by atoms with Crippen molar-refractivity contribution in [3.63, 3.8) is 0 Å². The van der Waals surface area contributed by atoms with Gasteiger partial charge in [0.1, 0.15) is 25.4 Å². The van der Waals surface area contributed by atoms with Crippen molar-refractivity contribution in [1.29, 1.82) is 0 Å². The number of rotatable bonds is 8. The number of ether oxygens (including phenoxy) is 1. The van der Waals surface area contributed by atoms with E-state index in [0.717, 1.165) is 11.1 Å². The first-order valence-corrected chi connectivity index (χ1v) is 10.1. The summed E-state index contributed by atoms with van der Waals surface area (Å²) in [5.41, 5.74) is 2.10. The summed E-state index contributed by atoms with van der Waals surface area (Å²) < 4.78 is 18.3. The molecule has 0 saturated carbocycles. The van der Waals surface area contributed by atoms with Crippen molar-refractivity contribution in [2.75, 3.05) is 11.6 Å². The number of carboxylic acid groups (broad SMARTS) is 1. The Kier molecular flexibility index (Phi) is 7.54. The Morgan fingerprint density at radius 2 is 1.78 bits per heavy atom. The highest BCUT2D eigenvalue weighted by molar-refractivity contribution is 6.01. The Morgan fingerprint density at radius 1 is 1.09 bits per heavy atom. The van der Waals surface area contributed by atoms with Crippen molar-refractivity contribution < 1.29 is 33.4 Å². The van der Waals surface area contributed by atoms with Gasteiger partial charge in [-0.05, 0) is 30.0 Å². The number of aliphatic carboxylic acids is 1. The highest BCUT2D eigenvalue weighted by atomic mass is 19.1. The van der Waals surface area contributed by atoms with E-state index in [-0.39, 0.29) is 13.0 Å². The number of ketones is 1. The van der Waals surface area contributed by atoms with Crippen LogP contribution in [0.2, 0.25) is 0 Å². The van der Waals surface area contributed by atoms with Gasteiger partial charge in [0.05, 0.1) is 12.1 Å². The number of halogens is 1. The summed E-state index contributed by atoms with van der Waals surface area (Å²) in [6, 6.07) is 13.5. The second-order valence-corrected chi connectivity index (χ2v) is 7.35. The van der Waals surface area contributed by atoms with Gasteiger partial charge in [0.15, 0.2) is 5.78 Å². The second kappa shape index (κ2) is 10.5. The lowest BCUT2D eigenvalue weighted by atomic mass is 9.95. The molecule has 0 bridgehead atoms. The minimum absolute atomic E-state index is 0.00530. The monoisotopic (exact) mass is 442 g/mol. The number of carboxylic acids is 1. The molecule has 2 N–H and O–H groups in total. The van der Waals surface area contributed by atoms with Gasteiger partial charge in [-0.1, -0.05) is 48.5 Å². The van der Waals surface area contributed by atoms with Gasteiger partial charge >= 0.3 is 12.1 Å². The first-order chi connectivity index (χ1) is 15.4. The molecule has 2 atom stereocenters. The number of alkyl halides is 1. The highest BCUT2D eigenvalue weighted by Crippen LogP contribution is 2.31. The number of Topliss-reactive ketones (excluding diaryl/α,β-unsaturated/α-hetero) is 1. The van der Waals surface area contributed by atoms with E-state index < -0.39 is 48.9 Å². The summed E-state index contributed by atoms with van der Waals surface area (Å²) >= 11 is 0. The molecular formula is C23H23FN2O6. The molecule has 168 valence electrons. The molecule has 2 aromatic carbocycles. The topological polar surface area (TPSA) is 113 Å². The van der Waals surface area contributed by atoms with Crippen molar-refractivity contribution in [3.8, 4) is 0 Å². The summed E-state index contributed by atoms with van der Waals surface area (Å²) in [7, 11) is 0. The number of nitrogens with one attached hydrogen (secondary N) is 1. The maximum Gasteiger partial charge on any atom is 0.415 e. The van der Waals surface area contributed by atoms with E-state index in [1.165, 1.54) is 4.90 Å². The third kappa shape index (κ3) is 5.48. The van der Waals surface area contributed by atoms with E-state index in [2.05, 4.69) is 5.32 Å². The Balaban J connectivity index is 1.82. The molecule has 0 spiro atoms. The summed E-state index contributed by atoms with van der Waals surface area (Å²) in [6.07, 6.45) is -0.798. The molecule has 0 fully saturated rings. The predicted octanol–water partition coefficient (Wildman–Crippen LogP) is 2.64. The Hall–Kier alpha value is -3.75. The van der Waals surface area contributed by atoms with Crippen LogP contribution in [0.15, 0.2) is 54.6 Å². The van der Waals surface area contributed by atoms with E-state index in [0.29, 0.717) is 12.1 Å². The van der Waals surface area contributed by atoms with Crippen LogP contribution in [0.25, 0.3) is 0 Å². The quantitative estimate of drug-likeness (QED) is 0.650. The molecular weight excluding hydrogens is 419 g/mol. The van der Waals surface area contributed by atoms with E-state index in [4.69, 9.17) is 9.84 Å². The lowest BCUT2D eigenvalue weighted by Gasteiger charge is -2.36. The standard InChI is InChI=1S/C23H23FN2O6/c24-13-20(27)17(12-21(28)29)25-22(30)19-11-10-16-8-4-5-9-18(16)26(19)23(31)32-14-15-6-2-1-3-7-15/h1-9,17,19H,10-14H2,(H,25,30)(H,28,29)/t17?,19-/m0/s1. The smallest absolute Gasteiger partial charge is 0.415 e. The van der Waals surface area contributed by atoms with Gasteiger partial charge in [-0.3, -0.25) is 19.3 Å². The SMILES string of the molecule is O=C(O)CC(NC(=O)[C@@H]1CCc2ccccc2N1C(=O)OCc1ccccc1)C(=O)CF. The number of nitrogens with zero attached hydrogens (tertiary/aromatic N) is 1. The van der Waals surface area contributed by atoms with Crippen LogP contribution in [0, 0.1) is 0 Å². The predicted molar refractivity (Wildman–Crippen MR) is 113 cm³/mol. The van der Waals surface area contributed by atoms with Gasteiger partial charge in [-0.2, -0.15) is 0 Å². The number of carbonyl (C=O) groups is 4. The largest absolute Gasteiger partial charge is 0.481 e. The maximum atomic E-state index is 13.0. The summed E-state index contributed by atoms with van der Waals surface area (Å²) in [4.78, 5) is 50.0. The molecule has 2 amide bonds. The van der Waals surface area contributed by atoms with E-state index in [1.807, 2.05) is 18.2 Å². The molecule has 32 heavy (non-hydrogen) atoms. The molecule has 3 rings (SSSR count). The average Bonchev–Trinajstić information content (AvgIpc) is 2.81. The lowest BCUT2D eigenvalue weighted by molar-refractivity contribution is -0.140. The Bertz CT molecular complexity index is 997. The zero-order valence-corrected chi connectivity index (χ0v) is 17.2. The van der Waals surface area contributed by atoms with Gasteiger partial charge in [-0.25, -0.2) is 9.18 Å². The number of fused-ring (bicyclic) bond motifs is 1. The fraction of sp³-hybridized carbons (Fsp3) is 0.304. The number of anilines is 1. The fourth-order valence-corrected chi connectivity index (χ4v) is 3.59. The first-order valence-electron chi connectivity index (χ1n) is 10.1. The lowest BCUT2D eigenvalue weighted by Crippen LogP contribution is -2.55. The third-order valence-electron chi connectivity index (χ3n) is 5.17. The van der Waals surface area contributed by atoms with Crippen LogP contribution in [-0.2, 0) is 32.1 Å². The number of hydrogen-bond acceptors (Lipinski definition) is 5. The molecule has 9 heteroatoms. The molecule has 1 heterocycles. The van der Waals surface area contributed by atoms with Crippen LogP contribution in [0.5, 0.6) is 0 Å². The fourth-order valence-electron chi connectivity index (χ4n) is 3.59. The minimum atomic E-state index is -1.52. The van der Waals surface area contributed by atoms with Crippen molar-refractivity contribution in [2.24, 2.45) is 0 Å². The van der Waals surface area contributed by atoms with Gasteiger partial charge in [0.25, 0.3) is 0 Å². The van der Waals surface area contributed by atoms with Crippen molar-refractivity contribution >= 4 is 29.4 Å². The van der Waals surface area contributed by atoms with Crippen LogP contribution in [0.1, 0.15) is 24.0 Å². The van der Waals surface area contributed by atoms with Crippen LogP contribution in [0.4, 0.5) is 14.9 Å². The number of hydrogen-bond donors (Lipinski definition) is 2. The molecule has 1 aliphatic heterocycles. The Morgan fingerprint density at radius 3 is 2.47 bits per heavy atom. The number of benzene rings is 2. The van der Waals surface area contributed by atoms with Gasteiger partial charge in [-0.15, -0.1) is 0 Å². The molecule has 0 radical (unpaired) electrons. The van der Waals surface area contributed by atoms with E-state index in [9.17, 15) is 23.6 Å². The number of amides is 2. The molecule has 0 aliphatic carbocycles. The molecule has 1 unspecified atom stereocenters. The molecule has 2 aromatic rings. The van der Waals surface area contributed by atoms with Crippen molar-refractivity contribution in [2.45, 2.75) is 38.0 Å². The van der Waals surface area contributed by atoms with Gasteiger partial charge in [0.2, 0.25) is 5.91 Å². The van der Waals surface area contributed by atoms with Gasteiger partial charge < -0.3 is 15.2 Å². The number of para-hydroxylation sites is 1. The molecule has 8 nitrogen and oxygen atoms in total. The summed E-state index contributed by atoms with van der Waals surface area (Å²) in [6.45, 7) is -1.41. The first kappa shape index (κ1) is 22.9. The molecule has 0 saturated heterocycles. The van der Waals surface area contributed by atoms with Crippen LogP contribution in [0.3, 0.4) is 0 Å². The van der Waals surface area contributed by atoms with Crippen LogP contribution >= 0.6 is 0 Å². The minimum Gasteiger partial charge on any atom is -0.481 e. The van der Waals surface area contributed by atoms with Gasteiger partial charge in [0, 0.05) is 0 Å². The van der Waals surface area contributed by atoms with E-state index >= 15 is 0 Å². The number of aryl methyl sites for hydroxylation is 1. The second-order valence-electron chi connectivity index (χ2n) is 7.35. The van der Waals surface area contributed by atoms with Crippen molar-refractivity contribution in [1.82, 2.24) is 5.32 Å². The van der Waals surface area contributed by atoms with Crippen molar-refractivity contribution in [3.05, 3.63) is 65.7 Å². The molecule has 1 aliphatic rings. The zero-order valence-electron chi connectivity index (χ0n) is 17.2. The van der Waals surface area contributed by atoms with Crippen LogP contribution < -0.4 is 10.2 Å². The zero-order chi connectivity index (χ0) is 23.1. The van der Waals surface area contributed by atoms with E-state index in [1.54, 1.807) is 36.4 Å². The normalized spacial score (nSPS) is 15.9. The third-order valence-corrected chi connectivity index (χ3v) is 5.17. The number of carbonyl (C=O) groups excluding carboxylic acids is 3. The maximum absolute atomic E-state index is 13.0. The molecule has 0 aromatic heterocycles.